The van der Waals surface area contributed by atoms with E-state index in [1.165, 1.54) is 22.9 Å². The van der Waals surface area contributed by atoms with E-state index >= 15 is 0 Å². The van der Waals surface area contributed by atoms with Gasteiger partial charge in [-0.1, -0.05) is 85.8 Å². The van der Waals surface area contributed by atoms with Crippen LogP contribution >= 0.6 is 11.8 Å². The van der Waals surface area contributed by atoms with Crippen LogP contribution in [0.2, 0.25) is 0 Å². The summed E-state index contributed by atoms with van der Waals surface area (Å²) in [6.07, 6.45) is 2.71. The molecule has 0 aliphatic rings. The van der Waals surface area contributed by atoms with Crippen LogP contribution in [-0.2, 0) is 11.3 Å². The van der Waals surface area contributed by atoms with Crippen LogP contribution < -0.4 is 11.0 Å². The third-order valence-electron chi connectivity index (χ3n) is 4.95. The molecule has 3 rings (SSSR count). The first-order valence-electron chi connectivity index (χ1n) is 10.3. The molecule has 6 nitrogen and oxygen atoms in total. The van der Waals surface area contributed by atoms with Crippen molar-refractivity contribution in [1.82, 2.24) is 20.1 Å². The summed E-state index contributed by atoms with van der Waals surface area (Å²) in [6.45, 7) is 3.27. The van der Waals surface area contributed by atoms with E-state index in [0.717, 1.165) is 19.3 Å². The molecule has 0 spiro atoms. The zero-order valence-corrected chi connectivity index (χ0v) is 18.0. The molecule has 0 unspecified atom stereocenters. The quantitative estimate of drug-likeness (QED) is 0.459. The van der Waals surface area contributed by atoms with Crippen LogP contribution in [0.5, 0.6) is 0 Å². The SMILES string of the molecule is CCCCn1c(SCC(=O)NCCC(c2ccccc2)c2ccccc2)n[nH]c1=O. The summed E-state index contributed by atoms with van der Waals surface area (Å²) < 4.78 is 1.60. The fourth-order valence-electron chi connectivity index (χ4n) is 3.36. The highest BCUT2D eigenvalue weighted by atomic mass is 32.2. The van der Waals surface area contributed by atoms with Crippen LogP contribution in [0.25, 0.3) is 0 Å². The zero-order chi connectivity index (χ0) is 21.2. The van der Waals surface area contributed by atoms with E-state index in [1.807, 2.05) is 36.4 Å². The summed E-state index contributed by atoms with van der Waals surface area (Å²) in [6, 6.07) is 20.7. The van der Waals surface area contributed by atoms with Gasteiger partial charge >= 0.3 is 5.69 Å². The van der Waals surface area contributed by atoms with Crippen LogP contribution in [0.15, 0.2) is 70.6 Å². The molecule has 1 amide bonds. The Hall–Kier alpha value is -2.80. The molecule has 1 aromatic heterocycles. The number of nitrogens with zero attached hydrogens (tertiary/aromatic N) is 2. The molecule has 0 aliphatic carbocycles. The lowest BCUT2D eigenvalue weighted by atomic mass is 9.88. The Morgan fingerprint density at radius 3 is 2.33 bits per heavy atom. The molecule has 30 heavy (non-hydrogen) atoms. The second-order valence-corrected chi connectivity index (χ2v) is 8.06. The summed E-state index contributed by atoms with van der Waals surface area (Å²) >= 11 is 1.29. The third kappa shape index (κ3) is 6.10. The van der Waals surface area contributed by atoms with Crippen molar-refractivity contribution < 1.29 is 4.79 Å². The molecule has 0 aliphatic heterocycles. The number of unbranched alkanes of at least 4 members (excludes halogenated alkanes) is 1. The molecule has 0 saturated heterocycles. The van der Waals surface area contributed by atoms with Gasteiger partial charge in [0.05, 0.1) is 5.75 Å². The fourth-order valence-corrected chi connectivity index (χ4v) is 4.16. The first kappa shape index (κ1) is 21.9. The summed E-state index contributed by atoms with van der Waals surface area (Å²) in [5.74, 6) is 0.404. The van der Waals surface area contributed by atoms with Gasteiger partial charge in [0.2, 0.25) is 5.91 Å². The van der Waals surface area contributed by atoms with Crippen LogP contribution in [0.3, 0.4) is 0 Å². The average Bonchev–Trinajstić information content (AvgIpc) is 3.14. The Balaban J connectivity index is 1.53. The minimum atomic E-state index is -0.222. The molecular weight excluding hydrogens is 396 g/mol. The highest BCUT2D eigenvalue weighted by Gasteiger charge is 2.15. The Bertz CT molecular complexity index is 930. The van der Waals surface area contributed by atoms with Gasteiger partial charge in [-0.25, -0.2) is 9.89 Å². The van der Waals surface area contributed by atoms with Crippen LogP contribution in [0.1, 0.15) is 43.2 Å². The van der Waals surface area contributed by atoms with E-state index in [4.69, 9.17) is 0 Å². The number of amides is 1. The van der Waals surface area contributed by atoms with Crippen LogP contribution in [0, 0.1) is 0 Å². The molecule has 0 atom stereocenters. The van der Waals surface area contributed by atoms with E-state index in [2.05, 4.69) is 46.7 Å². The standard InChI is InChI=1S/C23H28N4O2S/c1-2-3-16-27-22(29)25-26-23(27)30-17-21(28)24-15-14-20(18-10-6-4-7-11-18)19-12-8-5-9-13-19/h4-13,20H,2-3,14-17H2,1H3,(H,24,28)(H,25,29). The second kappa shape index (κ2) is 11.4. The maximum atomic E-state index is 12.3. The normalized spacial score (nSPS) is 11.0. The lowest BCUT2D eigenvalue weighted by molar-refractivity contribution is -0.118. The van der Waals surface area contributed by atoms with Crippen molar-refractivity contribution >= 4 is 17.7 Å². The van der Waals surface area contributed by atoms with E-state index in [-0.39, 0.29) is 23.3 Å². The molecule has 0 saturated carbocycles. The number of carbonyl (C=O) groups excluding carboxylic acids is 1. The summed E-state index contributed by atoms with van der Waals surface area (Å²) in [5.41, 5.74) is 2.26. The number of carbonyl (C=O) groups is 1. The van der Waals surface area contributed by atoms with Gasteiger partial charge in [0.1, 0.15) is 0 Å². The summed E-state index contributed by atoms with van der Waals surface area (Å²) in [5, 5.41) is 10.1. The highest BCUT2D eigenvalue weighted by Crippen LogP contribution is 2.27. The van der Waals surface area contributed by atoms with Crippen molar-refractivity contribution in [3.05, 3.63) is 82.3 Å². The second-order valence-electron chi connectivity index (χ2n) is 7.12. The molecule has 7 heteroatoms. The first-order chi connectivity index (χ1) is 14.7. The van der Waals surface area contributed by atoms with Crippen LogP contribution in [-0.4, -0.2) is 33.0 Å². The molecule has 0 radical (unpaired) electrons. The molecule has 1 heterocycles. The van der Waals surface area contributed by atoms with Gasteiger partial charge in [0.15, 0.2) is 5.16 Å². The molecule has 0 fully saturated rings. The number of hydrogen-bond acceptors (Lipinski definition) is 4. The minimum absolute atomic E-state index is 0.0580. The minimum Gasteiger partial charge on any atom is -0.355 e. The number of hydrogen-bond donors (Lipinski definition) is 2. The maximum Gasteiger partial charge on any atom is 0.343 e. The molecule has 2 N–H and O–H groups in total. The number of aromatic nitrogens is 3. The predicted octanol–water partition coefficient (Wildman–Crippen LogP) is 3.80. The van der Waals surface area contributed by atoms with Gasteiger partial charge in [-0.2, -0.15) is 0 Å². The van der Waals surface area contributed by atoms with Gasteiger partial charge in [-0.3, -0.25) is 9.36 Å². The maximum absolute atomic E-state index is 12.3. The number of rotatable bonds is 11. The van der Waals surface area contributed by atoms with Gasteiger partial charge in [0.25, 0.3) is 0 Å². The van der Waals surface area contributed by atoms with Crippen molar-refractivity contribution in [3.8, 4) is 0 Å². The van der Waals surface area contributed by atoms with Crippen molar-refractivity contribution in [2.24, 2.45) is 0 Å². The van der Waals surface area contributed by atoms with Gasteiger partial charge in [-0.05, 0) is 24.0 Å². The number of nitrogens with one attached hydrogen (secondary N) is 2. The Kier molecular flexibility index (Phi) is 8.32. The molecule has 158 valence electrons. The number of aromatic amines is 1. The van der Waals surface area contributed by atoms with Crippen molar-refractivity contribution in [1.29, 1.82) is 0 Å². The van der Waals surface area contributed by atoms with Gasteiger partial charge < -0.3 is 5.32 Å². The van der Waals surface area contributed by atoms with E-state index < -0.39 is 0 Å². The Labute approximate surface area is 181 Å². The van der Waals surface area contributed by atoms with Crippen molar-refractivity contribution in [3.63, 3.8) is 0 Å². The topological polar surface area (TPSA) is 79.8 Å². The smallest absolute Gasteiger partial charge is 0.343 e. The number of benzene rings is 2. The first-order valence-corrected chi connectivity index (χ1v) is 11.3. The zero-order valence-electron chi connectivity index (χ0n) is 17.2. The largest absolute Gasteiger partial charge is 0.355 e. The van der Waals surface area contributed by atoms with Crippen molar-refractivity contribution in [2.45, 2.75) is 43.8 Å². The highest BCUT2D eigenvalue weighted by molar-refractivity contribution is 7.99. The van der Waals surface area contributed by atoms with E-state index in [9.17, 15) is 9.59 Å². The van der Waals surface area contributed by atoms with Gasteiger partial charge in [-0.15, -0.1) is 5.10 Å². The fraction of sp³-hybridized carbons (Fsp3) is 0.348. The Morgan fingerprint density at radius 1 is 1.10 bits per heavy atom. The summed E-state index contributed by atoms with van der Waals surface area (Å²) in [7, 11) is 0. The molecule has 0 bridgehead atoms. The van der Waals surface area contributed by atoms with Crippen LogP contribution in [0.4, 0.5) is 0 Å². The van der Waals surface area contributed by atoms with E-state index in [1.54, 1.807) is 4.57 Å². The molecular formula is C23H28N4O2S. The number of thioether (sulfide) groups is 1. The molecule has 3 aromatic rings. The third-order valence-corrected chi connectivity index (χ3v) is 5.93. The lowest BCUT2D eigenvalue weighted by Crippen LogP contribution is -2.27. The average molecular weight is 425 g/mol. The van der Waals surface area contributed by atoms with E-state index in [0.29, 0.717) is 18.2 Å². The Morgan fingerprint density at radius 2 is 1.73 bits per heavy atom. The predicted molar refractivity (Wildman–Crippen MR) is 121 cm³/mol. The van der Waals surface area contributed by atoms with Gasteiger partial charge in [0, 0.05) is 19.0 Å². The monoisotopic (exact) mass is 424 g/mol. The lowest BCUT2D eigenvalue weighted by Gasteiger charge is -2.18. The summed E-state index contributed by atoms with van der Waals surface area (Å²) in [4.78, 5) is 24.2. The molecule has 2 aromatic carbocycles. The van der Waals surface area contributed by atoms with Crippen molar-refractivity contribution in [2.75, 3.05) is 12.3 Å². The number of H-pyrrole nitrogens is 1.